The summed E-state index contributed by atoms with van der Waals surface area (Å²) in [4.78, 5) is 0. The molecular formula is C20H24O2S4. The number of thioether (sulfide) groups is 4. The van der Waals surface area contributed by atoms with Gasteiger partial charge in [0.2, 0.25) is 0 Å². The molecule has 0 bridgehead atoms. The number of hydrogen-bond donors (Lipinski definition) is 0. The number of methoxy groups -OCH3 is 2. The second-order valence-corrected chi connectivity index (χ2v) is 11.0. The van der Waals surface area contributed by atoms with Crippen molar-refractivity contribution in [2.75, 3.05) is 38.2 Å². The van der Waals surface area contributed by atoms with Gasteiger partial charge in [-0.25, -0.2) is 0 Å². The Morgan fingerprint density at radius 3 is 1.31 bits per heavy atom. The van der Waals surface area contributed by atoms with Gasteiger partial charge in [-0.15, -0.1) is 47.0 Å². The summed E-state index contributed by atoms with van der Waals surface area (Å²) >= 11 is 8.02. The highest BCUT2D eigenvalue weighted by Gasteiger charge is 2.56. The van der Waals surface area contributed by atoms with Crippen LogP contribution in [-0.4, -0.2) is 38.2 Å². The summed E-state index contributed by atoms with van der Waals surface area (Å²) in [5.74, 6) is 4.10. The molecule has 1 fully saturated rings. The molecule has 1 aliphatic rings. The van der Waals surface area contributed by atoms with Gasteiger partial charge in [-0.3, -0.25) is 0 Å². The van der Waals surface area contributed by atoms with Crippen LogP contribution in [0.1, 0.15) is 11.1 Å². The molecule has 2 nitrogen and oxygen atoms in total. The fourth-order valence-corrected chi connectivity index (χ4v) is 10.5. The fraction of sp³-hybridized carbons (Fsp3) is 0.400. The van der Waals surface area contributed by atoms with Gasteiger partial charge in [0.1, 0.15) is 19.7 Å². The van der Waals surface area contributed by atoms with E-state index >= 15 is 0 Å². The molecule has 26 heavy (non-hydrogen) atoms. The van der Waals surface area contributed by atoms with Gasteiger partial charge in [0.05, 0.1) is 14.2 Å². The van der Waals surface area contributed by atoms with E-state index in [2.05, 4.69) is 84.6 Å². The van der Waals surface area contributed by atoms with E-state index in [0.717, 1.165) is 23.0 Å². The zero-order valence-electron chi connectivity index (χ0n) is 15.5. The summed E-state index contributed by atoms with van der Waals surface area (Å²) in [5.41, 5.74) is 2.68. The maximum Gasteiger partial charge on any atom is 0.118 e. The first-order chi connectivity index (χ1) is 12.7. The van der Waals surface area contributed by atoms with Gasteiger partial charge in [-0.2, -0.15) is 0 Å². The predicted molar refractivity (Wildman–Crippen MR) is 121 cm³/mol. The molecule has 1 saturated heterocycles. The fourth-order valence-electron chi connectivity index (χ4n) is 3.35. The second-order valence-electron chi connectivity index (χ2n) is 5.80. The van der Waals surface area contributed by atoms with Crippen molar-refractivity contribution in [2.45, 2.75) is 8.16 Å². The smallest absolute Gasteiger partial charge is 0.118 e. The third-order valence-electron chi connectivity index (χ3n) is 4.64. The number of benzene rings is 2. The monoisotopic (exact) mass is 424 g/mol. The molecule has 0 amide bonds. The van der Waals surface area contributed by atoms with E-state index in [9.17, 15) is 0 Å². The minimum atomic E-state index is -0.0732. The Hall–Kier alpha value is -0.560. The largest absolute Gasteiger partial charge is 0.497 e. The van der Waals surface area contributed by atoms with E-state index in [-0.39, 0.29) is 8.16 Å². The van der Waals surface area contributed by atoms with Gasteiger partial charge in [0, 0.05) is 11.5 Å². The summed E-state index contributed by atoms with van der Waals surface area (Å²) in [6.45, 7) is 0. The van der Waals surface area contributed by atoms with Gasteiger partial charge >= 0.3 is 0 Å². The van der Waals surface area contributed by atoms with Crippen LogP contribution in [0, 0.1) is 0 Å². The number of rotatable bonds is 6. The van der Waals surface area contributed by atoms with E-state index in [1.54, 1.807) is 14.2 Å². The lowest BCUT2D eigenvalue weighted by molar-refractivity contribution is 0.414. The Morgan fingerprint density at radius 2 is 1.04 bits per heavy atom. The van der Waals surface area contributed by atoms with Crippen molar-refractivity contribution < 1.29 is 9.47 Å². The van der Waals surface area contributed by atoms with Gasteiger partial charge in [0.25, 0.3) is 0 Å². The number of ether oxygens (including phenoxy) is 2. The van der Waals surface area contributed by atoms with Crippen LogP contribution in [0.3, 0.4) is 0 Å². The van der Waals surface area contributed by atoms with Crippen LogP contribution >= 0.6 is 47.0 Å². The molecule has 0 N–H and O–H groups in total. The summed E-state index contributed by atoms with van der Waals surface area (Å²) in [6.07, 6.45) is 4.47. The van der Waals surface area contributed by atoms with E-state index in [1.165, 1.54) is 11.1 Å². The molecule has 0 spiro atoms. The highest BCUT2D eigenvalue weighted by Crippen LogP contribution is 2.69. The van der Waals surface area contributed by atoms with Crippen molar-refractivity contribution in [1.82, 2.24) is 0 Å². The van der Waals surface area contributed by atoms with Crippen molar-refractivity contribution in [3.8, 4) is 11.5 Å². The molecule has 3 rings (SSSR count). The van der Waals surface area contributed by atoms with Crippen molar-refractivity contribution >= 4 is 47.0 Å². The van der Waals surface area contributed by atoms with Crippen molar-refractivity contribution in [3.05, 3.63) is 59.7 Å². The maximum absolute atomic E-state index is 5.37. The third-order valence-corrected chi connectivity index (χ3v) is 12.1. The highest BCUT2D eigenvalue weighted by atomic mass is 32.2. The van der Waals surface area contributed by atoms with Crippen LogP contribution in [0.5, 0.6) is 11.5 Å². The van der Waals surface area contributed by atoms with E-state index < -0.39 is 0 Å². The SMILES string of the molecule is COc1ccc([C@@]2(SC)SCCS[C@]2(SC)c2ccc(OC)cc2)cc1. The minimum Gasteiger partial charge on any atom is -0.497 e. The summed E-state index contributed by atoms with van der Waals surface area (Å²) in [6, 6.07) is 17.2. The van der Waals surface area contributed by atoms with Gasteiger partial charge < -0.3 is 9.47 Å². The Bertz CT molecular complexity index is 656. The summed E-state index contributed by atoms with van der Waals surface area (Å²) in [7, 11) is 3.43. The van der Waals surface area contributed by atoms with E-state index in [1.807, 2.05) is 23.5 Å². The first kappa shape index (κ1) is 20.2. The molecule has 140 valence electrons. The Morgan fingerprint density at radius 1 is 0.692 bits per heavy atom. The van der Waals surface area contributed by atoms with Crippen LogP contribution in [0.4, 0.5) is 0 Å². The number of hydrogen-bond acceptors (Lipinski definition) is 6. The molecular weight excluding hydrogens is 400 g/mol. The van der Waals surface area contributed by atoms with Crippen LogP contribution in [0.15, 0.2) is 48.5 Å². The topological polar surface area (TPSA) is 18.5 Å². The quantitative estimate of drug-likeness (QED) is 0.569. The Labute approximate surface area is 173 Å². The van der Waals surface area contributed by atoms with Crippen molar-refractivity contribution in [3.63, 3.8) is 0 Å². The van der Waals surface area contributed by atoms with E-state index in [4.69, 9.17) is 9.47 Å². The maximum atomic E-state index is 5.37. The normalized spacial score (nSPS) is 25.7. The van der Waals surface area contributed by atoms with Crippen LogP contribution < -0.4 is 9.47 Å². The first-order valence-corrected chi connectivity index (χ1v) is 12.7. The molecule has 6 heteroatoms. The zero-order chi connectivity index (χ0) is 18.6. The molecule has 0 unspecified atom stereocenters. The Balaban J connectivity index is 2.14. The van der Waals surface area contributed by atoms with Crippen molar-refractivity contribution in [2.24, 2.45) is 0 Å². The average molecular weight is 425 g/mol. The van der Waals surface area contributed by atoms with Crippen molar-refractivity contribution in [1.29, 1.82) is 0 Å². The van der Waals surface area contributed by atoms with Gasteiger partial charge in [-0.1, -0.05) is 24.3 Å². The lowest BCUT2D eigenvalue weighted by atomic mass is 10.0. The molecule has 2 aromatic carbocycles. The third kappa shape index (κ3) is 3.34. The lowest BCUT2D eigenvalue weighted by Gasteiger charge is -2.51. The van der Waals surface area contributed by atoms with Gasteiger partial charge in [-0.05, 0) is 47.9 Å². The Kier molecular flexibility index (Phi) is 6.70. The average Bonchev–Trinajstić information content (AvgIpc) is 2.73. The molecule has 0 saturated carbocycles. The minimum absolute atomic E-state index is 0.0732. The molecule has 0 aliphatic carbocycles. The second kappa shape index (κ2) is 8.63. The van der Waals surface area contributed by atoms with E-state index in [0.29, 0.717) is 0 Å². The highest BCUT2D eigenvalue weighted by molar-refractivity contribution is 8.25. The molecule has 1 heterocycles. The lowest BCUT2D eigenvalue weighted by Crippen LogP contribution is -2.43. The summed E-state index contributed by atoms with van der Waals surface area (Å²) < 4.78 is 10.6. The molecule has 1 aliphatic heterocycles. The first-order valence-electron chi connectivity index (χ1n) is 8.33. The molecule has 2 atom stereocenters. The molecule has 0 radical (unpaired) electrons. The van der Waals surface area contributed by atoms with Crippen LogP contribution in [-0.2, 0) is 8.16 Å². The van der Waals surface area contributed by atoms with Crippen LogP contribution in [0.25, 0.3) is 0 Å². The molecule has 2 aromatic rings. The zero-order valence-corrected chi connectivity index (χ0v) is 18.7. The summed E-state index contributed by atoms with van der Waals surface area (Å²) in [5, 5.41) is 0. The molecule has 0 aromatic heterocycles. The van der Waals surface area contributed by atoms with Gasteiger partial charge in [0.15, 0.2) is 0 Å². The van der Waals surface area contributed by atoms with Crippen LogP contribution in [0.2, 0.25) is 0 Å². The standard InChI is InChI=1S/C20H24O2S4/c1-21-17-9-5-15(6-10-17)19(23-3)20(24-4,26-14-13-25-19)16-7-11-18(22-2)12-8-16/h5-12H,13-14H2,1-4H3/t19-,20-/m1/s1. The predicted octanol–water partition coefficient (Wildman–Crippen LogP) is 5.92.